The van der Waals surface area contributed by atoms with E-state index in [2.05, 4.69) is 9.97 Å². The van der Waals surface area contributed by atoms with Crippen molar-refractivity contribution in [2.75, 3.05) is 19.9 Å². The molecule has 0 atom stereocenters. The number of para-hydroxylation sites is 1. The second-order valence-corrected chi connectivity index (χ2v) is 8.19. The van der Waals surface area contributed by atoms with Crippen LogP contribution in [0.15, 0.2) is 28.2 Å². The summed E-state index contributed by atoms with van der Waals surface area (Å²) in [6.45, 7) is 0.956. The van der Waals surface area contributed by atoms with Gasteiger partial charge < -0.3 is 4.74 Å². The van der Waals surface area contributed by atoms with Gasteiger partial charge >= 0.3 is 5.69 Å². The first-order valence-corrected chi connectivity index (χ1v) is 9.94. The van der Waals surface area contributed by atoms with Crippen LogP contribution in [-0.2, 0) is 29.3 Å². The summed E-state index contributed by atoms with van der Waals surface area (Å²) >= 11 is 0. The van der Waals surface area contributed by atoms with Crippen LogP contribution in [0.3, 0.4) is 0 Å². The van der Waals surface area contributed by atoms with E-state index in [4.69, 9.17) is 4.74 Å². The molecule has 1 aliphatic rings. The number of H-pyrrole nitrogens is 1. The van der Waals surface area contributed by atoms with E-state index in [1.807, 2.05) is 4.90 Å². The van der Waals surface area contributed by atoms with E-state index in [1.165, 1.54) is 13.2 Å². The van der Waals surface area contributed by atoms with Gasteiger partial charge in [0.15, 0.2) is 5.75 Å². The number of aromatic nitrogens is 2. The minimum atomic E-state index is -3.61. The minimum absolute atomic E-state index is 0.106. The van der Waals surface area contributed by atoms with E-state index in [1.54, 1.807) is 12.1 Å². The number of aromatic amines is 1. The fourth-order valence-electron chi connectivity index (χ4n) is 3.08. The largest absolute Gasteiger partial charge is 0.490 e. The first-order valence-electron chi connectivity index (χ1n) is 8.05. The molecule has 27 heavy (non-hydrogen) atoms. The highest BCUT2D eigenvalue weighted by Crippen LogP contribution is 2.32. The normalized spacial score (nSPS) is 14.6. The lowest BCUT2D eigenvalue weighted by Crippen LogP contribution is -2.36. The van der Waals surface area contributed by atoms with Crippen molar-refractivity contribution in [3.05, 3.63) is 55.5 Å². The quantitative estimate of drug-likeness (QED) is 0.443. The molecule has 0 saturated carbocycles. The van der Waals surface area contributed by atoms with E-state index < -0.39 is 20.3 Å². The van der Waals surface area contributed by atoms with Crippen LogP contribution in [0.25, 0.3) is 0 Å². The Morgan fingerprint density at radius 2 is 2.15 bits per heavy atom. The molecule has 1 N–H and O–H groups in total. The number of sulfone groups is 1. The number of nitrogens with zero attached hydrogens (tertiary/aromatic N) is 3. The standard InChI is InChI=1S/C16H18N4O6S/c1-26-13-5-3-4-10(14(13)20(22)23)8-19-7-6-12-11(9-19)15(21)18-16(17-12)27(2,24)25/h3-5H,6-9H2,1-2H3,(H,17,18,21). The number of benzene rings is 1. The molecule has 0 unspecified atom stereocenters. The molecular weight excluding hydrogens is 376 g/mol. The molecule has 0 saturated heterocycles. The van der Waals surface area contributed by atoms with E-state index in [0.717, 1.165) is 6.26 Å². The van der Waals surface area contributed by atoms with Crippen LogP contribution < -0.4 is 10.3 Å². The maximum absolute atomic E-state index is 12.3. The summed E-state index contributed by atoms with van der Waals surface area (Å²) in [7, 11) is -2.24. The Labute approximate surface area is 154 Å². The Bertz CT molecular complexity index is 1060. The number of rotatable bonds is 5. The summed E-state index contributed by atoms with van der Waals surface area (Å²) < 4.78 is 28.3. The number of methoxy groups -OCH3 is 1. The second kappa shape index (κ2) is 7.08. The molecule has 2 heterocycles. The molecule has 3 rings (SSSR count). The average molecular weight is 394 g/mol. The van der Waals surface area contributed by atoms with E-state index in [-0.39, 0.29) is 29.7 Å². The highest BCUT2D eigenvalue weighted by Gasteiger charge is 2.26. The first-order chi connectivity index (χ1) is 12.7. The maximum Gasteiger partial charge on any atom is 0.315 e. The Kier molecular flexibility index (Phi) is 4.98. The molecule has 0 fully saturated rings. The summed E-state index contributed by atoms with van der Waals surface area (Å²) in [5.74, 6) is 0.173. The van der Waals surface area contributed by atoms with Crippen LogP contribution in [0.1, 0.15) is 16.8 Å². The van der Waals surface area contributed by atoms with Crippen molar-refractivity contribution >= 4 is 15.5 Å². The first kappa shape index (κ1) is 19.0. The lowest BCUT2D eigenvalue weighted by molar-refractivity contribution is -0.386. The van der Waals surface area contributed by atoms with Crippen molar-refractivity contribution in [1.29, 1.82) is 0 Å². The van der Waals surface area contributed by atoms with Crippen molar-refractivity contribution in [2.45, 2.75) is 24.7 Å². The van der Waals surface area contributed by atoms with Gasteiger partial charge in [-0.3, -0.25) is 24.8 Å². The van der Waals surface area contributed by atoms with Crippen molar-refractivity contribution in [2.24, 2.45) is 0 Å². The van der Waals surface area contributed by atoms with Gasteiger partial charge in [-0.05, 0) is 6.07 Å². The van der Waals surface area contributed by atoms with Crippen LogP contribution in [0.2, 0.25) is 0 Å². The van der Waals surface area contributed by atoms with Crippen LogP contribution >= 0.6 is 0 Å². The molecule has 0 amide bonds. The van der Waals surface area contributed by atoms with Gasteiger partial charge in [0, 0.05) is 37.9 Å². The Balaban J connectivity index is 1.90. The van der Waals surface area contributed by atoms with Crippen LogP contribution in [0.4, 0.5) is 5.69 Å². The van der Waals surface area contributed by atoms with Crippen molar-refractivity contribution in [1.82, 2.24) is 14.9 Å². The summed E-state index contributed by atoms with van der Waals surface area (Å²) in [6.07, 6.45) is 1.36. The minimum Gasteiger partial charge on any atom is -0.490 e. The summed E-state index contributed by atoms with van der Waals surface area (Å²) in [4.78, 5) is 31.5. The number of nitrogens with one attached hydrogen (secondary N) is 1. The maximum atomic E-state index is 12.3. The lowest BCUT2D eigenvalue weighted by Gasteiger charge is -2.27. The zero-order chi connectivity index (χ0) is 19.8. The fraction of sp³-hybridized carbons (Fsp3) is 0.375. The molecule has 1 aliphatic heterocycles. The molecule has 0 radical (unpaired) electrons. The van der Waals surface area contributed by atoms with E-state index in [9.17, 15) is 23.3 Å². The van der Waals surface area contributed by atoms with Crippen LogP contribution in [0, 0.1) is 10.1 Å². The lowest BCUT2D eigenvalue weighted by atomic mass is 10.1. The summed E-state index contributed by atoms with van der Waals surface area (Å²) in [5.41, 5.74) is 0.672. The van der Waals surface area contributed by atoms with E-state index in [0.29, 0.717) is 29.8 Å². The number of ether oxygens (including phenoxy) is 1. The topological polar surface area (TPSA) is 136 Å². The zero-order valence-electron chi connectivity index (χ0n) is 14.8. The molecule has 0 spiro atoms. The average Bonchev–Trinajstić information content (AvgIpc) is 2.60. The molecule has 1 aromatic heterocycles. The molecule has 0 aliphatic carbocycles. The predicted octanol–water partition coefficient (Wildman–Crippen LogP) is 0.649. The highest BCUT2D eigenvalue weighted by molar-refractivity contribution is 7.90. The van der Waals surface area contributed by atoms with Gasteiger partial charge in [0.05, 0.1) is 23.3 Å². The molecule has 1 aromatic carbocycles. The molecule has 2 aromatic rings. The van der Waals surface area contributed by atoms with Crippen LogP contribution in [0.5, 0.6) is 5.75 Å². The molecular formula is C16H18N4O6S. The second-order valence-electron chi connectivity index (χ2n) is 6.25. The van der Waals surface area contributed by atoms with E-state index >= 15 is 0 Å². The Hall–Kier alpha value is -2.79. The number of hydrogen-bond donors (Lipinski definition) is 1. The number of fused-ring (bicyclic) bond motifs is 1. The number of hydrogen-bond acceptors (Lipinski definition) is 8. The van der Waals surface area contributed by atoms with Crippen molar-refractivity contribution < 1.29 is 18.1 Å². The highest BCUT2D eigenvalue weighted by atomic mass is 32.2. The van der Waals surface area contributed by atoms with Gasteiger partial charge in [0.25, 0.3) is 5.56 Å². The van der Waals surface area contributed by atoms with Gasteiger partial charge in [-0.25, -0.2) is 13.4 Å². The third kappa shape index (κ3) is 3.83. The third-order valence-corrected chi connectivity index (χ3v) is 5.25. The predicted molar refractivity (Wildman–Crippen MR) is 95.4 cm³/mol. The fourth-order valence-corrected chi connectivity index (χ4v) is 3.63. The Morgan fingerprint density at radius 3 is 2.78 bits per heavy atom. The smallest absolute Gasteiger partial charge is 0.315 e. The molecule has 144 valence electrons. The van der Waals surface area contributed by atoms with Crippen molar-refractivity contribution in [3.63, 3.8) is 0 Å². The zero-order valence-corrected chi connectivity index (χ0v) is 15.6. The Morgan fingerprint density at radius 1 is 1.41 bits per heavy atom. The molecule has 10 nitrogen and oxygen atoms in total. The van der Waals surface area contributed by atoms with Gasteiger partial charge in [-0.1, -0.05) is 12.1 Å². The van der Waals surface area contributed by atoms with Crippen molar-refractivity contribution in [3.8, 4) is 5.75 Å². The SMILES string of the molecule is COc1cccc(CN2CCc3nc(S(C)(=O)=O)[nH]c(=O)c3C2)c1[N+](=O)[O-]. The molecule has 0 bridgehead atoms. The van der Waals surface area contributed by atoms with Gasteiger partial charge in [0.1, 0.15) is 0 Å². The summed E-state index contributed by atoms with van der Waals surface area (Å²) in [5, 5.41) is 11.1. The third-order valence-electron chi connectivity index (χ3n) is 4.36. The van der Waals surface area contributed by atoms with Crippen LogP contribution in [-0.4, -0.2) is 48.1 Å². The number of nitro benzene ring substituents is 1. The monoisotopic (exact) mass is 394 g/mol. The van der Waals surface area contributed by atoms with Gasteiger partial charge in [0.2, 0.25) is 15.0 Å². The van der Waals surface area contributed by atoms with Gasteiger partial charge in [-0.2, -0.15) is 0 Å². The van der Waals surface area contributed by atoms with Gasteiger partial charge in [-0.15, -0.1) is 0 Å². The summed E-state index contributed by atoms with van der Waals surface area (Å²) in [6, 6.07) is 4.84. The number of nitro groups is 1. The molecule has 11 heteroatoms.